The molecular weight excluding hydrogens is 188 g/mol. The van der Waals surface area contributed by atoms with Gasteiger partial charge in [0.25, 0.3) is 0 Å². The largest absolute Gasteiger partial charge is 0.353 e. The third-order valence-electron chi connectivity index (χ3n) is 4.08. The number of hydrogen-bond acceptors (Lipinski definition) is 2. The van der Waals surface area contributed by atoms with E-state index in [1.807, 2.05) is 0 Å². The van der Waals surface area contributed by atoms with Gasteiger partial charge in [0.05, 0.1) is 5.92 Å². The molecule has 3 atom stereocenters. The van der Waals surface area contributed by atoms with Gasteiger partial charge in [-0.2, -0.15) is 0 Å². The second-order valence-corrected chi connectivity index (χ2v) is 5.23. The molecule has 1 aliphatic heterocycles. The van der Waals surface area contributed by atoms with Gasteiger partial charge in [0.2, 0.25) is 5.91 Å². The summed E-state index contributed by atoms with van der Waals surface area (Å²) < 4.78 is 0. The van der Waals surface area contributed by atoms with Crippen molar-refractivity contribution in [3.05, 3.63) is 0 Å². The van der Waals surface area contributed by atoms with Crippen LogP contribution in [0.4, 0.5) is 0 Å². The summed E-state index contributed by atoms with van der Waals surface area (Å²) in [5.41, 5.74) is 0. The normalized spacial score (nSPS) is 33.5. The number of hydrogen-bond donors (Lipinski definition) is 2. The summed E-state index contributed by atoms with van der Waals surface area (Å²) in [6, 6.07) is 0.374. The molecule has 0 aromatic heterocycles. The SMILES string of the molecule is CC(NC(=O)[C@@H]1CNC[C@H]1C)C1CCC1. The summed E-state index contributed by atoms with van der Waals surface area (Å²) in [6.07, 6.45) is 3.92. The smallest absolute Gasteiger partial charge is 0.224 e. The fourth-order valence-electron chi connectivity index (χ4n) is 2.55. The molecule has 1 saturated carbocycles. The quantitative estimate of drug-likeness (QED) is 0.733. The van der Waals surface area contributed by atoms with Crippen molar-refractivity contribution in [3.63, 3.8) is 0 Å². The molecule has 0 aromatic carbocycles. The highest BCUT2D eigenvalue weighted by atomic mass is 16.2. The molecule has 2 fully saturated rings. The minimum absolute atomic E-state index is 0.188. The van der Waals surface area contributed by atoms with Gasteiger partial charge in [0.1, 0.15) is 0 Å². The summed E-state index contributed by atoms with van der Waals surface area (Å²) in [4.78, 5) is 12.0. The number of carbonyl (C=O) groups is 1. The molecule has 3 heteroatoms. The Bertz CT molecular complexity index is 238. The van der Waals surface area contributed by atoms with E-state index in [0.29, 0.717) is 12.0 Å². The highest BCUT2D eigenvalue weighted by Crippen LogP contribution is 2.29. The molecule has 1 aliphatic carbocycles. The van der Waals surface area contributed by atoms with Gasteiger partial charge in [0, 0.05) is 12.6 Å². The predicted molar refractivity (Wildman–Crippen MR) is 60.5 cm³/mol. The van der Waals surface area contributed by atoms with E-state index in [-0.39, 0.29) is 11.8 Å². The lowest BCUT2D eigenvalue weighted by molar-refractivity contribution is -0.126. The molecule has 0 aromatic rings. The Hall–Kier alpha value is -0.570. The maximum atomic E-state index is 12.0. The second-order valence-electron chi connectivity index (χ2n) is 5.23. The summed E-state index contributed by atoms with van der Waals surface area (Å²) >= 11 is 0. The lowest BCUT2D eigenvalue weighted by Crippen LogP contribution is -2.44. The molecule has 3 nitrogen and oxygen atoms in total. The molecule has 1 amide bonds. The summed E-state index contributed by atoms with van der Waals surface area (Å²) in [5, 5.41) is 6.45. The fraction of sp³-hybridized carbons (Fsp3) is 0.917. The first-order valence-corrected chi connectivity index (χ1v) is 6.19. The van der Waals surface area contributed by atoms with Crippen molar-refractivity contribution in [1.82, 2.24) is 10.6 Å². The first-order valence-electron chi connectivity index (χ1n) is 6.19. The van der Waals surface area contributed by atoms with Gasteiger partial charge in [-0.1, -0.05) is 13.3 Å². The second kappa shape index (κ2) is 4.52. The van der Waals surface area contributed by atoms with E-state index in [1.54, 1.807) is 0 Å². The van der Waals surface area contributed by atoms with Crippen molar-refractivity contribution in [2.45, 2.75) is 39.2 Å². The van der Waals surface area contributed by atoms with E-state index < -0.39 is 0 Å². The highest BCUT2D eigenvalue weighted by molar-refractivity contribution is 5.79. The van der Waals surface area contributed by atoms with Gasteiger partial charge in [-0.25, -0.2) is 0 Å². The van der Waals surface area contributed by atoms with Crippen LogP contribution >= 0.6 is 0 Å². The van der Waals surface area contributed by atoms with Crippen LogP contribution < -0.4 is 10.6 Å². The van der Waals surface area contributed by atoms with Crippen LogP contribution in [0.5, 0.6) is 0 Å². The van der Waals surface area contributed by atoms with Crippen LogP contribution in [0.1, 0.15) is 33.1 Å². The van der Waals surface area contributed by atoms with Gasteiger partial charge in [-0.05, 0) is 38.1 Å². The minimum atomic E-state index is 0.188. The molecule has 1 saturated heterocycles. The molecule has 0 bridgehead atoms. The van der Waals surface area contributed by atoms with Crippen molar-refractivity contribution in [3.8, 4) is 0 Å². The predicted octanol–water partition coefficient (Wildman–Crippen LogP) is 1.15. The summed E-state index contributed by atoms with van der Waals surface area (Å²) in [6.45, 7) is 6.13. The average Bonchev–Trinajstić information content (AvgIpc) is 2.47. The van der Waals surface area contributed by atoms with Crippen LogP contribution in [0.3, 0.4) is 0 Å². The monoisotopic (exact) mass is 210 g/mol. The lowest BCUT2D eigenvalue weighted by atomic mass is 9.80. The van der Waals surface area contributed by atoms with E-state index >= 15 is 0 Å². The molecule has 0 spiro atoms. The molecule has 1 heterocycles. The van der Waals surface area contributed by atoms with E-state index in [2.05, 4.69) is 24.5 Å². The highest BCUT2D eigenvalue weighted by Gasteiger charge is 2.32. The Kier molecular flexibility index (Phi) is 3.29. The Labute approximate surface area is 92.0 Å². The van der Waals surface area contributed by atoms with Gasteiger partial charge >= 0.3 is 0 Å². The first kappa shape index (κ1) is 10.9. The Balaban J connectivity index is 1.80. The Morgan fingerprint density at radius 2 is 2.13 bits per heavy atom. The van der Waals surface area contributed by atoms with Crippen LogP contribution in [0.2, 0.25) is 0 Å². The van der Waals surface area contributed by atoms with Crippen molar-refractivity contribution in [1.29, 1.82) is 0 Å². The van der Waals surface area contributed by atoms with Gasteiger partial charge in [0.15, 0.2) is 0 Å². The molecule has 0 radical (unpaired) electrons. The molecule has 15 heavy (non-hydrogen) atoms. The fourth-order valence-corrected chi connectivity index (χ4v) is 2.55. The maximum Gasteiger partial charge on any atom is 0.224 e. The number of amides is 1. The van der Waals surface area contributed by atoms with Gasteiger partial charge in [-0.3, -0.25) is 4.79 Å². The van der Waals surface area contributed by atoms with Crippen LogP contribution in [0, 0.1) is 17.8 Å². The summed E-state index contributed by atoms with van der Waals surface area (Å²) in [7, 11) is 0. The van der Waals surface area contributed by atoms with Crippen molar-refractivity contribution in [2.24, 2.45) is 17.8 Å². The average molecular weight is 210 g/mol. The molecule has 2 aliphatic rings. The van der Waals surface area contributed by atoms with Gasteiger partial charge < -0.3 is 10.6 Å². The minimum Gasteiger partial charge on any atom is -0.353 e. The van der Waals surface area contributed by atoms with Crippen LogP contribution in [0.15, 0.2) is 0 Å². The van der Waals surface area contributed by atoms with Crippen molar-refractivity contribution < 1.29 is 4.79 Å². The topological polar surface area (TPSA) is 41.1 Å². The van der Waals surface area contributed by atoms with E-state index in [9.17, 15) is 4.79 Å². The Morgan fingerprint density at radius 3 is 2.60 bits per heavy atom. The lowest BCUT2D eigenvalue weighted by Gasteiger charge is -2.32. The van der Waals surface area contributed by atoms with Crippen LogP contribution in [-0.2, 0) is 4.79 Å². The maximum absolute atomic E-state index is 12.0. The number of nitrogens with one attached hydrogen (secondary N) is 2. The van der Waals surface area contributed by atoms with Crippen molar-refractivity contribution in [2.75, 3.05) is 13.1 Å². The first-order chi connectivity index (χ1) is 7.18. The zero-order valence-corrected chi connectivity index (χ0v) is 9.75. The zero-order valence-electron chi connectivity index (χ0n) is 9.75. The third kappa shape index (κ3) is 2.33. The summed E-state index contributed by atoms with van der Waals surface area (Å²) in [5.74, 6) is 1.66. The van der Waals surface area contributed by atoms with Crippen molar-refractivity contribution >= 4 is 5.91 Å². The Morgan fingerprint density at radius 1 is 1.40 bits per heavy atom. The van der Waals surface area contributed by atoms with Gasteiger partial charge in [-0.15, -0.1) is 0 Å². The zero-order chi connectivity index (χ0) is 10.8. The van der Waals surface area contributed by atoms with E-state index in [1.165, 1.54) is 19.3 Å². The number of rotatable bonds is 3. The molecule has 1 unspecified atom stereocenters. The standard InChI is InChI=1S/C12H22N2O/c1-8-6-13-7-11(8)12(15)14-9(2)10-4-3-5-10/h8-11,13H,3-7H2,1-2H3,(H,14,15)/t8-,9?,11-/m1/s1. The molecule has 86 valence electrons. The number of carbonyl (C=O) groups excluding carboxylic acids is 1. The molecular formula is C12H22N2O. The third-order valence-corrected chi connectivity index (χ3v) is 4.08. The van der Waals surface area contributed by atoms with E-state index in [0.717, 1.165) is 19.0 Å². The molecule has 2 N–H and O–H groups in total. The molecule has 2 rings (SSSR count). The van der Waals surface area contributed by atoms with E-state index in [4.69, 9.17) is 0 Å². The van der Waals surface area contributed by atoms with Crippen LogP contribution in [-0.4, -0.2) is 25.0 Å². The van der Waals surface area contributed by atoms with Crippen LogP contribution in [0.25, 0.3) is 0 Å².